The zero-order valence-electron chi connectivity index (χ0n) is 8.15. The molecule has 12 heavy (non-hydrogen) atoms. The van der Waals surface area contributed by atoms with Gasteiger partial charge in [0.25, 0.3) is 0 Å². The molecule has 1 unspecified atom stereocenters. The summed E-state index contributed by atoms with van der Waals surface area (Å²) in [6.45, 7) is 7.79. The minimum absolute atomic E-state index is 0.115. The molecule has 0 aromatic heterocycles. The van der Waals surface area contributed by atoms with E-state index in [4.69, 9.17) is 4.74 Å². The van der Waals surface area contributed by atoms with E-state index in [0.717, 1.165) is 6.61 Å². The Morgan fingerprint density at radius 2 is 2.08 bits per heavy atom. The molecular weight excluding hydrogens is 150 g/mol. The van der Waals surface area contributed by atoms with Crippen molar-refractivity contribution in [2.45, 2.75) is 38.7 Å². The van der Waals surface area contributed by atoms with Crippen LogP contribution in [0.1, 0.15) is 33.1 Å². The van der Waals surface area contributed by atoms with E-state index in [1.165, 1.54) is 32.4 Å². The summed E-state index contributed by atoms with van der Waals surface area (Å²) in [6.07, 6.45) is 3.83. The fraction of sp³-hybridized carbons (Fsp3) is 1.00. The molecule has 70 valence electrons. The van der Waals surface area contributed by atoms with Crippen molar-refractivity contribution in [2.75, 3.05) is 19.7 Å². The first kappa shape index (κ1) is 8.52. The molecule has 0 saturated carbocycles. The van der Waals surface area contributed by atoms with Gasteiger partial charge in [0.2, 0.25) is 0 Å². The van der Waals surface area contributed by atoms with Crippen LogP contribution in [0, 0.1) is 5.41 Å². The normalized spacial score (nSPS) is 40.5. The van der Waals surface area contributed by atoms with E-state index in [2.05, 4.69) is 19.2 Å². The average Bonchev–Trinajstić information content (AvgIpc) is 2.34. The molecule has 0 amide bonds. The molecule has 0 bridgehead atoms. The van der Waals surface area contributed by atoms with Gasteiger partial charge in [-0.1, -0.05) is 0 Å². The van der Waals surface area contributed by atoms with Crippen LogP contribution in [0.4, 0.5) is 0 Å². The summed E-state index contributed by atoms with van der Waals surface area (Å²) in [7, 11) is 0. The Kier molecular flexibility index (Phi) is 1.92. The van der Waals surface area contributed by atoms with E-state index in [1.807, 2.05) is 0 Å². The minimum Gasteiger partial charge on any atom is -0.376 e. The quantitative estimate of drug-likeness (QED) is 0.594. The van der Waals surface area contributed by atoms with Crippen LogP contribution in [0.15, 0.2) is 0 Å². The van der Waals surface area contributed by atoms with E-state index >= 15 is 0 Å². The molecule has 0 aromatic rings. The van der Waals surface area contributed by atoms with Crippen molar-refractivity contribution in [1.29, 1.82) is 0 Å². The lowest BCUT2D eigenvalue weighted by Gasteiger charge is -2.42. The third-order valence-corrected chi connectivity index (χ3v) is 3.26. The van der Waals surface area contributed by atoms with Crippen LogP contribution in [0.25, 0.3) is 0 Å². The molecule has 2 rings (SSSR count). The molecule has 1 atom stereocenters. The molecule has 1 spiro atoms. The maximum atomic E-state index is 5.72. The number of ether oxygens (including phenoxy) is 1. The van der Waals surface area contributed by atoms with Gasteiger partial charge in [-0.3, -0.25) is 0 Å². The summed E-state index contributed by atoms with van der Waals surface area (Å²) in [5, 5.41) is 3.46. The van der Waals surface area contributed by atoms with Crippen molar-refractivity contribution in [3.63, 3.8) is 0 Å². The van der Waals surface area contributed by atoms with Gasteiger partial charge in [-0.05, 0) is 45.1 Å². The zero-order valence-corrected chi connectivity index (χ0v) is 8.15. The van der Waals surface area contributed by atoms with E-state index in [9.17, 15) is 0 Å². The fourth-order valence-electron chi connectivity index (χ4n) is 2.75. The third-order valence-electron chi connectivity index (χ3n) is 3.26. The van der Waals surface area contributed by atoms with Crippen LogP contribution < -0.4 is 5.32 Å². The summed E-state index contributed by atoms with van der Waals surface area (Å²) < 4.78 is 5.72. The predicted octanol–water partition coefficient (Wildman–Crippen LogP) is 1.56. The van der Waals surface area contributed by atoms with E-state index in [0.29, 0.717) is 5.41 Å². The largest absolute Gasteiger partial charge is 0.376 e. The van der Waals surface area contributed by atoms with Gasteiger partial charge in [0.05, 0.1) is 5.60 Å². The Morgan fingerprint density at radius 1 is 1.25 bits per heavy atom. The van der Waals surface area contributed by atoms with Crippen molar-refractivity contribution in [3.05, 3.63) is 0 Å². The van der Waals surface area contributed by atoms with Crippen LogP contribution in [0.5, 0.6) is 0 Å². The molecule has 0 radical (unpaired) electrons. The SMILES string of the molecule is CC1(C)CC2(CCNC2)CCO1. The van der Waals surface area contributed by atoms with Crippen LogP contribution in [0.3, 0.4) is 0 Å². The fourth-order valence-corrected chi connectivity index (χ4v) is 2.75. The van der Waals surface area contributed by atoms with Gasteiger partial charge in [-0.2, -0.15) is 0 Å². The molecule has 2 aliphatic rings. The topological polar surface area (TPSA) is 21.3 Å². The first-order chi connectivity index (χ1) is 5.62. The Labute approximate surface area is 74.7 Å². The lowest BCUT2D eigenvalue weighted by molar-refractivity contribution is -0.0990. The Morgan fingerprint density at radius 3 is 2.67 bits per heavy atom. The molecule has 0 aromatic carbocycles. The second kappa shape index (κ2) is 2.71. The van der Waals surface area contributed by atoms with Gasteiger partial charge < -0.3 is 10.1 Å². The van der Waals surface area contributed by atoms with Crippen molar-refractivity contribution >= 4 is 0 Å². The van der Waals surface area contributed by atoms with E-state index in [-0.39, 0.29) is 5.60 Å². The lowest BCUT2D eigenvalue weighted by Crippen LogP contribution is -2.42. The second-order valence-corrected chi connectivity index (χ2v) is 4.96. The zero-order chi connectivity index (χ0) is 8.66. The molecule has 2 aliphatic heterocycles. The Hall–Kier alpha value is -0.0800. The minimum atomic E-state index is 0.115. The predicted molar refractivity (Wildman–Crippen MR) is 49.2 cm³/mol. The molecule has 2 fully saturated rings. The molecule has 2 heterocycles. The Bertz CT molecular complexity index is 171. The van der Waals surface area contributed by atoms with Crippen molar-refractivity contribution in [3.8, 4) is 0 Å². The number of rotatable bonds is 0. The van der Waals surface area contributed by atoms with Crippen molar-refractivity contribution in [1.82, 2.24) is 5.32 Å². The summed E-state index contributed by atoms with van der Waals surface area (Å²) in [5.74, 6) is 0. The van der Waals surface area contributed by atoms with Crippen molar-refractivity contribution in [2.24, 2.45) is 5.41 Å². The van der Waals surface area contributed by atoms with Gasteiger partial charge in [0.15, 0.2) is 0 Å². The third kappa shape index (κ3) is 1.50. The van der Waals surface area contributed by atoms with Gasteiger partial charge in [0, 0.05) is 13.2 Å². The monoisotopic (exact) mass is 169 g/mol. The van der Waals surface area contributed by atoms with E-state index in [1.54, 1.807) is 0 Å². The highest BCUT2D eigenvalue weighted by Crippen LogP contribution is 2.42. The lowest BCUT2D eigenvalue weighted by atomic mass is 9.73. The molecule has 0 aliphatic carbocycles. The summed E-state index contributed by atoms with van der Waals surface area (Å²) >= 11 is 0. The average molecular weight is 169 g/mol. The smallest absolute Gasteiger partial charge is 0.0632 e. The van der Waals surface area contributed by atoms with Gasteiger partial charge in [-0.15, -0.1) is 0 Å². The van der Waals surface area contributed by atoms with Gasteiger partial charge in [-0.25, -0.2) is 0 Å². The van der Waals surface area contributed by atoms with Crippen LogP contribution >= 0.6 is 0 Å². The van der Waals surface area contributed by atoms with Gasteiger partial charge >= 0.3 is 0 Å². The van der Waals surface area contributed by atoms with Crippen LogP contribution in [-0.2, 0) is 4.74 Å². The van der Waals surface area contributed by atoms with Gasteiger partial charge in [0.1, 0.15) is 0 Å². The van der Waals surface area contributed by atoms with Crippen molar-refractivity contribution < 1.29 is 4.74 Å². The maximum Gasteiger partial charge on any atom is 0.0632 e. The first-order valence-electron chi connectivity index (χ1n) is 4.97. The molecule has 2 saturated heterocycles. The second-order valence-electron chi connectivity index (χ2n) is 4.96. The molecule has 1 N–H and O–H groups in total. The summed E-state index contributed by atoms with van der Waals surface area (Å²) in [4.78, 5) is 0. The number of hydrogen-bond acceptors (Lipinski definition) is 2. The first-order valence-corrected chi connectivity index (χ1v) is 4.97. The van der Waals surface area contributed by atoms with Crippen LogP contribution in [-0.4, -0.2) is 25.3 Å². The maximum absolute atomic E-state index is 5.72. The number of hydrogen-bond donors (Lipinski definition) is 1. The highest BCUT2D eigenvalue weighted by Gasteiger charge is 2.42. The molecule has 2 heteroatoms. The number of nitrogens with one attached hydrogen (secondary N) is 1. The highest BCUT2D eigenvalue weighted by atomic mass is 16.5. The molecule has 2 nitrogen and oxygen atoms in total. The molecular formula is C10H19NO. The van der Waals surface area contributed by atoms with E-state index < -0.39 is 0 Å². The highest BCUT2D eigenvalue weighted by molar-refractivity contribution is 4.95. The Balaban J connectivity index is 2.07. The summed E-state index contributed by atoms with van der Waals surface area (Å²) in [6, 6.07) is 0. The summed E-state index contributed by atoms with van der Waals surface area (Å²) in [5.41, 5.74) is 0.687. The standard InChI is InChI=1S/C10H19NO/c1-9(2)7-10(4-6-12-9)3-5-11-8-10/h11H,3-8H2,1-2H3. The van der Waals surface area contributed by atoms with Crippen LogP contribution in [0.2, 0.25) is 0 Å².